The average Bonchev–Trinajstić information content (AvgIpc) is 2.40. The molecule has 0 heterocycles. The quantitative estimate of drug-likeness (QED) is 0.873. The van der Waals surface area contributed by atoms with Crippen LogP contribution >= 0.6 is 0 Å². The van der Waals surface area contributed by atoms with Gasteiger partial charge in [0.05, 0.1) is 12.7 Å². The molecule has 2 aromatic rings. The monoisotopic (exact) mass is 226 g/mol. The maximum atomic E-state index is 12.0. The van der Waals surface area contributed by atoms with E-state index >= 15 is 0 Å². The highest BCUT2D eigenvalue weighted by molar-refractivity contribution is 6.05. The number of para-hydroxylation sites is 1. The van der Waals surface area contributed by atoms with Crippen molar-refractivity contribution in [1.29, 1.82) is 0 Å². The molecule has 2 rings (SSSR count). The van der Waals surface area contributed by atoms with Gasteiger partial charge in [-0.1, -0.05) is 30.3 Å². The van der Waals surface area contributed by atoms with Crippen LogP contribution in [0.15, 0.2) is 48.5 Å². The number of carbonyl (C=O) groups is 1. The van der Waals surface area contributed by atoms with Gasteiger partial charge in [-0.25, -0.2) is 0 Å². The highest BCUT2D eigenvalue weighted by Gasteiger charge is 2.11. The Morgan fingerprint density at radius 1 is 1.18 bits per heavy atom. The fourth-order valence-corrected chi connectivity index (χ4v) is 1.48. The van der Waals surface area contributed by atoms with Crippen molar-refractivity contribution >= 4 is 11.6 Å². The van der Waals surface area contributed by atoms with Gasteiger partial charge in [0.25, 0.3) is 5.91 Å². The van der Waals surface area contributed by atoms with Crippen molar-refractivity contribution in [3.8, 4) is 5.75 Å². The number of anilines is 1. The molecule has 2 aromatic carbocycles. The Balaban J connectivity index is 2.20. The number of hydrogen-bond donors (Lipinski definition) is 1. The number of amides is 1. The van der Waals surface area contributed by atoms with Crippen LogP contribution in [0.3, 0.4) is 0 Å². The summed E-state index contributed by atoms with van der Waals surface area (Å²) in [5.41, 5.74) is 1.15. The minimum Gasteiger partial charge on any atom is -0.496 e. The summed E-state index contributed by atoms with van der Waals surface area (Å²) in [5, 5.41) is 2.78. The van der Waals surface area contributed by atoms with E-state index in [0.717, 1.165) is 5.69 Å². The van der Waals surface area contributed by atoms with Gasteiger partial charge < -0.3 is 10.1 Å². The van der Waals surface area contributed by atoms with Gasteiger partial charge in [-0.15, -0.1) is 0 Å². The Kier molecular flexibility index (Phi) is 3.40. The normalized spacial score (nSPS) is 9.71. The number of methoxy groups -OCH3 is 1. The van der Waals surface area contributed by atoms with Crippen LogP contribution in [0.25, 0.3) is 0 Å². The van der Waals surface area contributed by atoms with Crippen LogP contribution < -0.4 is 10.1 Å². The lowest BCUT2D eigenvalue weighted by Gasteiger charge is -2.08. The molecular formula is C14H12NO2. The smallest absolute Gasteiger partial charge is 0.260 e. The Hall–Kier alpha value is -2.29. The van der Waals surface area contributed by atoms with Crippen LogP contribution in [0.2, 0.25) is 0 Å². The van der Waals surface area contributed by atoms with Crippen molar-refractivity contribution in [2.75, 3.05) is 12.4 Å². The molecule has 0 aliphatic carbocycles. The summed E-state index contributed by atoms with van der Waals surface area (Å²) in [6.45, 7) is 0. The predicted molar refractivity (Wildman–Crippen MR) is 66.2 cm³/mol. The molecule has 1 radical (unpaired) electrons. The summed E-state index contributed by atoms with van der Waals surface area (Å²) >= 11 is 0. The van der Waals surface area contributed by atoms with E-state index in [0.29, 0.717) is 11.3 Å². The number of hydrogen-bond acceptors (Lipinski definition) is 2. The molecule has 0 atom stereocenters. The molecule has 3 heteroatoms. The lowest BCUT2D eigenvalue weighted by molar-refractivity contribution is 0.102. The SMILES string of the molecule is COc1ccc[c]c1C(=O)Nc1ccccc1. The first-order chi connectivity index (χ1) is 8.31. The third-order valence-electron chi connectivity index (χ3n) is 2.30. The predicted octanol–water partition coefficient (Wildman–Crippen LogP) is 2.75. The Bertz CT molecular complexity index is 509. The Labute approximate surface area is 100 Å². The first-order valence-corrected chi connectivity index (χ1v) is 5.22. The van der Waals surface area contributed by atoms with Gasteiger partial charge in [-0.3, -0.25) is 4.79 Å². The lowest BCUT2D eigenvalue weighted by atomic mass is 10.2. The van der Waals surface area contributed by atoms with Gasteiger partial charge in [0.15, 0.2) is 0 Å². The molecular weight excluding hydrogens is 214 g/mol. The Morgan fingerprint density at radius 2 is 1.94 bits per heavy atom. The van der Waals surface area contributed by atoms with E-state index in [1.54, 1.807) is 18.2 Å². The van der Waals surface area contributed by atoms with E-state index in [4.69, 9.17) is 4.74 Å². The first kappa shape index (κ1) is 11.2. The average molecular weight is 226 g/mol. The lowest BCUT2D eigenvalue weighted by Crippen LogP contribution is -2.13. The molecule has 0 bridgehead atoms. The summed E-state index contributed by atoms with van der Waals surface area (Å²) in [6.07, 6.45) is 0. The first-order valence-electron chi connectivity index (χ1n) is 5.22. The molecule has 0 unspecified atom stereocenters. The van der Waals surface area contributed by atoms with Gasteiger partial charge in [-0.05, 0) is 24.3 Å². The summed E-state index contributed by atoms with van der Waals surface area (Å²) in [6, 6.07) is 17.3. The van der Waals surface area contributed by atoms with E-state index in [2.05, 4.69) is 11.4 Å². The van der Waals surface area contributed by atoms with E-state index in [1.807, 2.05) is 30.3 Å². The molecule has 0 fully saturated rings. The number of rotatable bonds is 3. The molecule has 1 amide bonds. The van der Waals surface area contributed by atoms with Gasteiger partial charge in [0.1, 0.15) is 5.75 Å². The summed E-state index contributed by atoms with van der Waals surface area (Å²) in [5.74, 6) is 0.287. The van der Waals surface area contributed by atoms with Crippen molar-refractivity contribution < 1.29 is 9.53 Å². The van der Waals surface area contributed by atoms with E-state index < -0.39 is 0 Å². The minimum atomic E-state index is -0.228. The third-order valence-corrected chi connectivity index (χ3v) is 2.30. The van der Waals surface area contributed by atoms with E-state index in [1.165, 1.54) is 7.11 Å². The summed E-state index contributed by atoms with van der Waals surface area (Å²) < 4.78 is 5.11. The number of nitrogens with one attached hydrogen (secondary N) is 1. The van der Waals surface area contributed by atoms with Crippen LogP contribution in [0.1, 0.15) is 10.4 Å². The molecule has 0 saturated heterocycles. The standard InChI is InChI=1S/C14H12NO2/c1-17-13-10-6-5-9-12(13)14(16)15-11-7-3-2-4-8-11/h2-8,10H,1H3,(H,15,16). The summed E-state index contributed by atoms with van der Waals surface area (Å²) in [4.78, 5) is 12.0. The van der Waals surface area contributed by atoms with Crippen molar-refractivity contribution in [2.45, 2.75) is 0 Å². The second-order valence-electron chi connectivity index (χ2n) is 3.43. The van der Waals surface area contributed by atoms with Crippen LogP contribution in [-0.4, -0.2) is 13.0 Å². The van der Waals surface area contributed by atoms with Crippen LogP contribution in [0.4, 0.5) is 5.69 Å². The largest absolute Gasteiger partial charge is 0.496 e. The molecule has 0 spiro atoms. The van der Waals surface area contributed by atoms with Crippen molar-refractivity contribution in [1.82, 2.24) is 0 Å². The molecule has 17 heavy (non-hydrogen) atoms. The van der Waals surface area contributed by atoms with Crippen LogP contribution in [-0.2, 0) is 0 Å². The third kappa shape index (κ3) is 2.64. The number of carbonyl (C=O) groups excluding carboxylic acids is 1. The van der Waals surface area contributed by atoms with Gasteiger partial charge in [0.2, 0.25) is 0 Å². The second kappa shape index (κ2) is 5.16. The zero-order chi connectivity index (χ0) is 12.1. The molecule has 0 aliphatic rings. The Morgan fingerprint density at radius 3 is 2.65 bits per heavy atom. The molecule has 85 valence electrons. The maximum absolute atomic E-state index is 12.0. The topological polar surface area (TPSA) is 38.3 Å². The summed E-state index contributed by atoms with van der Waals surface area (Å²) in [7, 11) is 1.53. The fourth-order valence-electron chi connectivity index (χ4n) is 1.48. The van der Waals surface area contributed by atoms with Gasteiger partial charge >= 0.3 is 0 Å². The van der Waals surface area contributed by atoms with Crippen LogP contribution in [0.5, 0.6) is 5.75 Å². The number of ether oxygens (including phenoxy) is 1. The molecule has 1 N–H and O–H groups in total. The van der Waals surface area contributed by atoms with Crippen molar-refractivity contribution in [3.63, 3.8) is 0 Å². The highest BCUT2D eigenvalue weighted by Crippen LogP contribution is 2.18. The zero-order valence-corrected chi connectivity index (χ0v) is 9.44. The second-order valence-corrected chi connectivity index (χ2v) is 3.43. The van der Waals surface area contributed by atoms with Crippen molar-refractivity contribution in [3.05, 3.63) is 60.2 Å². The van der Waals surface area contributed by atoms with E-state index in [9.17, 15) is 4.79 Å². The molecule has 3 nitrogen and oxygen atoms in total. The molecule has 0 saturated carbocycles. The zero-order valence-electron chi connectivity index (χ0n) is 9.44. The van der Waals surface area contributed by atoms with Gasteiger partial charge in [-0.2, -0.15) is 0 Å². The highest BCUT2D eigenvalue weighted by atomic mass is 16.5. The molecule has 0 aliphatic heterocycles. The fraction of sp³-hybridized carbons (Fsp3) is 0.0714. The van der Waals surface area contributed by atoms with Crippen molar-refractivity contribution in [2.24, 2.45) is 0 Å². The minimum absolute atomic E-state index is 0.228. The van der Waals surface area contributed by atoms with E-state index in [-0.39, 0.29) is 5.91 Å². The van der Waals surface area contributed by atoms with Gasteiger partial charge in [0, 0.05) is 5.69 Å². The molecule has 0 aromatic heterocycles. The number of benzene rings is 2. The van der Waals surface area contributed by atoms with Crippen LogP contribution in [0, 0.1) is 6.07 Å². The maximum Gasteiger partial charge on any atom is 0.260 e.